The maximum absolute atomic E-state index is 8.49. The van der Waals surface area contributed by atoms with Crippen LogP contribution in [0.15, 0.2) is 0 Å². The maximum Gasteiger partial charge on any atom is -0.112 e. The van der Waals surface area contributed by atoms with Crippen molar-refractivity contribution in [1.29, 1.82) is 0 Å². The van der Waals surface area contributed by atoms with Gasteiger partial charge in [0.15, 0.2) is 0 Å². The quantitative estimate of drug-likeness (QED) is 0.292. The summed E-state index contributed by atoms with van der Waals surface area (Å²) in [5.41, 5.74) is 0. The molecule has 0 heterocycles. The first kappa shape index (κ1) is 15.8. The Balaban J connectivity index is -0.0000000800. The molecule has 0 N–H and O–H groups in total. The predicted molar refractivity (Wildman–Crippen MR) is 7.15 cm³/mol. The van der Waals surface area contributed by atoms with Crippen molar-refractivity contribution in [3.63, 3.8) is 0 Å². The molecule has 0 saturated heterocycles. The SMILES string of the molecule is [Li+].[LiH].[O-][Cl+3]([O-])([O-])[O-]. The van der Waals surface area contributed by atoms with Crippen LogP contribution < -0.4 is 37.5 Å². The number of rotatable bonds is 0. The van der Waals surface area contributed by atoms with E-state index >= 15 is 0 Å². The molecule has 4 nitrogen and oxygen atoms in total. The molecule has 0 aromatic heterocycles. The van der Waals surface area contributed by atoms with E-state index in [0.717, 1.165) is 0 Å². The molecule has 0 saturated carbocycles. The van der Waals surface area contributed by atoms with Gasteiger partial charge in [0, 0.05) is 0 Å². The summed E-state index contributed by atoms with van der Waals surface area (Å²) in [7, 11) is -4.94. The molecule has 0 aromatic carbocycles. The van der Waals surface area contributed by atoms with Crippen LogP contribution >= 0.6 is 0 Å². The predicted octanol–water partition coefficient (Wildman–Crippen LogP) is -8.40. The van der Waals surface area contributed by atoms with E-state index in [1.807, 2.05) is 0 Å². The summed E-state index contributed by atoms with van der Waals surface area (Å²) in [5.74, 6) is 0. The Bertz CT molecular complexity index is 25.2. The smallest absolute Gasteiger partial charge is 0.112 e. The van der Waals surface area contributed by atoms with Crippen LogP contribution in [0, 0.1) is 10.2 Å². The average molecular weight is 114 g/mol. The summed E-state index contributed by atoms with van der Waals surface area (Å²) < 4.78 is 34.0. The van der Waals surface area contributed by atoms with E-state index in [0.29, 0.717) is 0 Å². The largest absolute Gasteiger partial charge is 0.222 e. The van der Waals surface area contributed by atoms with Crippen molar-refractivity contribution in [1.82, 2.24) is 0 Å². The number of hydrogen-bond donors (Lipinski definition) is 0. The number of hydrogen-bond acceptors (Lipinski definition) is 4. The van der Waals surface area contributed by atoms with E-state index in [2.05, 4.69) is 0 Å². The van der Waals surface area contributed by atoms with Crippen LogP contribution in [-0.4, -0.2) is 18.9 Å². The molecule has 0 radical (unpaired) electrons. The second-order valence-corrected chi connectivity index (χ2v) is 1.13. The van der Waals surface area contributed by atoms with Gasteiger partial charge in [0.25, 0.3) is 0 Å². The second kappa shape index (κ2) is 5.46. The molecule has 0 spiro atoms. The van der Waals surface area contributed by atoms with Crippen LogP contribution in [0.3, 0.4) is 0 Å². The van der Waals surface area contributed by atoms with Crippen molar-refractivity contribution in [2.45, 2.75) is 0 Å². The Morgan fingerprint density at radius 2 is 0.857 bits per heavy atom. The van der Waals surface area contributed by atoms with E-state index in [-0.39, 0.29) is 37.7 Å². The van der Waals surface area contributed by atoms with E-state index in [1.54, 1.807) is 0 Å². The van der Waals surface area contributed by atoms with E-state index in [1.165, 1.54) is 0 Å². The summed E-state index contributed by atoms with van der Waals surface area (Å²) in [6.07, 6.45) is 0. The van der Waals surface area contributed by atoms with E-state index < -0.39 is 10.2 Å². The van der Waals surface area contributed by atoms with Crippen molar-refractivity contribution in [3.05, 3.63) is 0 Å². The molecule has 0 atom stereocenters. The molecular weight excluding hydrogens is 113 g/mol. The molecule has 0 bridgehead atoms. The third-order valence-corrected chi connectivity index (χ3v) is 0. The van der Waals surface area contributed by atoms with E-state index in [4.69, 9.17) is 18.6 Å². The van der Waals surface area contributed by atoms with Crippen LogP contribution in [0.5, 0.6) is 0 Å². The Morgan fingerprint density at radius 1 is 0.857 bits per heavy atom. The molecule has 34 valence electrons. The fraction of sp³-hybridized carbons (Fsp3) is 0. The third kappa shape index (κ3) is 118. The molecular formula is HClLi2O4. The molecule has 7 heavy (non-hydrogen) atoms. The zero-order chi connectivity index (χ0) is 4.50. The molecule has 0 aromatic rings. The van der Waals surface area contributed by atoms with Gasteiger partial charge in [0.2, 0.25) is 0 Å². The zero-order valence-corrected chi connectivity index (χ0v) is 3.77. The molecule has 0 unspecified atom stereocenters. The fourth-order valence-corrected chi connectivity index (χ4v) is 0. The monoisotopic (exact) mass is 114 g/mol. The van der Waals surface area contributed by atoms with Crippen molar-refractivity contribution >= 4 is 18.9 Å². The average Bonchev–Trinajstić information content (AvgIpc) is 0.722. The Kier molecular flexibility index (Phi) is 12.3. The number of halogens is 1. The minimum absolute atomic E-state index is 0. The molecule has 0 aliphatic rings. The first-order chi connectivity index (χ1) is 2.00. The molecule has 7 heteroatoms. The molecule has 0 aliphatic heterocycles. The summed E-state index contributed by atoms with van der Waals surface area (Å²) >= 11 is 0. The van der Waals surface area contributed by atoms with Crippen LogP contribution in [0.25, 0.3) is 0 Å². The fourth-order valence-electron chi connectivity index (χ4n) is 0. The van der Waals surface area contributed by atoms with Crippen LogP contribution in [-0.2, 0) is 0 Å². The summed E-state index contributed by atoms with van der Waals surface area (Å²) in [6.45, 7) is 0. The first-order valence-corrected chi connectivity index (χ1v) is 1.85. The Labute approximate surface area is 66.6 Å². The van der Waals surface area contributed by atoms with Gasteiger partial charge in [0.05, 0.1) is 0 Å². The standard InChI is InChI=1S/ClHO4.2Li.H/c2-1(3,4)5;;;/h(H,2,3,4,5);;;/q;;+1;/p-1. The molecule has 0 amide bonds. The summed E-state index contributed by atoms with van der Waals surface area (Å²) in [6, 6.07) is 0. The van der Waals surface area contributed by atoms with Gasteiger partial charge in [0.1, 0.15) is 0 Å². The van der Waals surface area contributed by atoms with Gasteiger partial charge >= 0.3 is 37.7 Å². The minimum atomic E-state index is -4.94. The minimum Gasteiger partial charge on any atom is -0.222 e. The van der Waals surface area contributed by atoms with Crippen molar-refractivity contribution in [2.24, 2.45) is 0 Å². The van der Waals surface area contributed by atoms with Gasteiger partial charge in [-0.05, 0) is 0 Å². The van der Waals surface area contributed by atoms with E-state index in [9.17, 15) is 0 Å². The van der Waals surface area contributed by atoms with Gasteiger partial charge in [-0.3, -0.25) is 0 Å². The first-order valence-electron chi connectivity index (χ1n) is 0.617. The molecule has 0 fully saturated rings. The summed E-state index contributed by atoms with van der Waals surface area (Å²) in [5, 5.41) is 0. The molecule has 0 rings (SSSR count). The van der Waals surface area contributed by atoms with Gasteiger partial charge in [-0.1, -0.05) is 0 Å². The van der Waals surface area contributed by atoms with Crippen molar-refractivity contribution in [2.75, 3.05) is 0 Å². The van der Waals surface area contributed by atoms with Crippen LogP contribution in [0.2, 0.25) is 0 Å². The van der Waals surface area contributed by atoms with Gasteiger partial charge in [-0.15, -0.1) is 10.2 Å². The Hall–Kier alpha value is 1.32. The Morgan fingerprint density at radius 3 is 0.857 bits per heavy atom. The zero-order valence-electron chi connectivity index (χ0n) is 3.01. The summed E-state index contributed by atoms with van der Waals surface area (Å²) in [4.78, 5) is 0. The van der Waals surface area contributed by atoms with Gasteiger partial charge < -0.3 is 0 Å². The maximum atomic E-state index is 8.49. The van der Waals surface area contributed by atoms with Gasteiger partial charge in [-0.25, -0.2) is 18.6 Å². The topological polar surface area (TPSA) is 92.2 Å². The second-order valence-electron chi connectivity index (χ2n) is 0.378. The van der Waals surface area contributed by atoms with Crippen LogP contribution in [0.4, 0.5) is 0 Å². The molecule has 0 aliphatic carbocycles. The van der Waals surface area contributed by atoms with Crippen LogP contribution in [0.1, 0.15) is 0 Å². The van der Waals surface area contributed by atoms with Gasteiger partial charge in [-0.2, -0.15) is 0 Å². The normalized spacial score (nSPS) is 8.57. The van der Waals surface area contributed by atoms with Crippen molar-refractivity contribution < 1.29 is 47.7 Å². The van der Waals surface area contributed by atoms with Crippen molar-refractivity contribution in [3.8, 4) is 0 Å². The third-order valence-electron chi connectivity index (χ3n) is 0.